The third kappa shape index (κ3) is 4.31. The van der Waals surface area contributed by atoms with Gasteiger partial charge in [-0.2, -0.15) is 5.10 Å². The molecule has 28 heavy (non-hydrogen) atoms. The zero-order valence-corrected chi connectivity index (χ0v) is 16.6. The van der Waals surface area contributed by atoms with Gasteiger partial charge in [-0.3, -0.25) is 0 Å². The molecular weight excluding hydrogens is 352 g/mol. The predicted octanol–water partition coefficient (Wildman–Crippen LogP) is 4.43. The zero-order chi connectivity index (χ0) is 20.1. The van der Waals surface area contributed by atoms with E-state index >= 15 is 0 Å². The van der Waals surface area contributed by atoms with Gasteiger partial charge in [-0.15, -0.1) is 0 Å². The Morgan fingerprint density at radius 2 is 1.82 bits per heavy atom. The van der Waals surface area contributed by atoms with Crippen molar-refractivity contribution in [2.24, 2.45) is 0 Å². The highest BCUT2D eigenvalue weighted by atomic mass is 16.5. The number of hydrogen-bond donors (Lipinski definition) is 1. The third-order valence-electron chi connectivity index (χ3n) is 4.91. The first-order valence-electron chi connectivity index (χ1n) is 9.42. The van der Waals surface area contributed by atoms with E-state index in [0.29, 0.717) is 25.0 Å². The number of aldehydes is 1. The van der Waals surface area contributed by atoms with E-state index in [-0.39, 0.29) is 0 Å². The molecule has 0 aliphatic carbocycles. The van der Waals surface area contributed by atoms with E-state index < -0.39 is 5.60 Å². The van der Waals surface area contributed by atoms with Crippen LogP contribution >= 0.6 is 0 Å². The summed E-state index contributed by atoms with van der Waals surface area (Å²) in [5.74, 6) is 0.772. The van der Waals surface area contributed by atoms with Gasteiger partial charge in [0.15, 0.2) is 0 Å². The zero-order valence-electron chi connectivity index (χ0n) is 16.6. The minimum atomic E-state index is -1.11. The molecule has 1 unspecified atom stereocenters. The van der Waals surface area contributed by atoms with Gasteiger partial charge in [-0.1, -0.05) is 29.8 Å². The number of nitrogens with zero attached hydrogens (tertiary/aromatic N) is 2. The third-order valence-corrected chi connectivity index (χ3v) is 4.91. The maximum atomic E-state index is 11.0. The molecule has 0 saturated heterocycles. The lowest BCUT2D eigenvalue weighted by Crippen LogP contribution is -2.22. The normalized spacial score (nSPS) is 13.1. The first-order valence-corrected chi connectivity index (χ1v) is 9.42. The summed E-state index contributed by atoms with van der Waals surface area (Å²) in [6.07, 6.45) is 2.40. The highest BCUT2D eigenvalue weighted by Gasteiger charge is 2.27. The average molecular weight is 378 g/mol. The van der Waals surface area contributed by atoms with Crippen LogP contribution in [0.3, 0.4) is 0 Å². The molecule has 0 aliphatic rings. The van der Waals surface area contributed by atoms with Crippen LogP contribution in [-0.2, 0) is 10.4 Å². The first kappa shape index (κ1) is 19.8. The Morgan fingerprint density at radius 3 is 2.43 bits per heavy atom. The molecule has 0 saturated carbocycles. The van der Waals surface area contributed by atoms with Crippen LogP contribution in [0.15, 0.2) is 54.6 Å². The summed E-state index contributed by atoms with van der Waals surface area (Å²) in [5.41, 5.74) is 3.45. The number of aryl methyl sites for hydroxylation is 1. The minimum absolute atomic E-state index is 0.431. The molecule has 0 bridgehead atoms. The fourth-order valence-corrected chi connectivity index (χ4v) is 3.15. The number of hydrogen-bond acceptors (Lipinski definition) is 4. The number of rotatable bonds is 8. The molecule has 146 valence electrons. The van der Waals surface area contributed by atoms with Crippen LogP contribution in [0.5, 0.6) is 5.75 Å². The molecule has 0 aliphatic heterocycles. The van der Waals surface area contributed by atoms with Crippen molar-refractivity contribution in [2.45, 2.75) is 38.7 Å². The van der Waals surface area contributed by atoms with Gasteiger partial charge in [0.05, 0.1) is 24.2 Å². The maximum absolute atomic E-state index is 11.0. The molecular formula is C23H26N2O3. The lowest BCUT2D eigenvalue weighted by atomic mass is 9.95. The maximum Gasteiger partial charge on any atom is 0.119 e. The summed E-state index contributed by atoms with van der Waals surface area (Å²) in [6, 6.07) is 17.8. The van der Waals surface area contributed by atoms with E-state index in [0.717, 1.165) is 29.0 Å². The van der Waals surface area contributed by atoms with Crippen LogP contribution in [0.25, 0.3) is 16.9 Å². The van der Waals surface area contributed by atoms with E-state index in [1.807, 2.05) is 41.9 Å². The molecule has 1 heterocycles. The minimum Gasteiger partial charge on any atom is -0.497 e. The Kier molecular flexibility index (Phi) is 5.95. The number of carbonyl (C=O) groups excluding carboxylic acids is 1. The van der Waals surface area contributed by atoms with Crippen LogP contribution in [-0.4, -0.2) is 28.3 Å². The van der Waals surface area contributed by atoms with Gasteiger partial charge in [0.1, 0.15) is 17.6 Å². The molecule has 3 rings (SSSR count). The standard InChI is InChI=1S/C23H26N2O3/c1-17-6-8-18(9-7-17)21-16-22(23(2,27)14-4-5-15-26)24-25(21)19-10-12-20(28-3)13-11-19/h6-13,15-16,27H,4-5,14H2,1-3H3. The number of ether oxygens (including phenoxy) is 1. The van der Waals surface area contributed by atoms with Crippen molar-refractivity contribution in [1.29, 1.82) is 0 Å². The SMILES string of the molecule is COc1ccc(-n2nc(C(C)(O)CCCC=O)cc2-c2ccc(C)cc2)cc1. The van der Waals surface area contributed by atoms with E-state index in [2.05, 4.69) is 24.3 Å². The van der Waals surface area contributed by atoms with Crippen molar-refractivity contribution in [3.8, 4) is 22.7 Å². The predicted molar refractivity (Wildman–Crippen MR) is 110 cm³/mol. The highest BCUT2D eigenvalue weighted by molar-refractivity contribution is 5.63. The molecule has 2 aromatic carbocycles. The quantitative estimate of drug-likeness (QED) is 0.465. The molecule has 0 amide bonds. The molecule has 0 fully saturated rings. The van der Waals surface area contributed by atoms with Gasteiger partial charge in [0, 0.05) is 12.0 Å². The van der Waals surface area contributed by atoms with Crippen molar-refractivity contribution in [3.63, 3.8) is 0 Å². The van der Waals surface area contributed by atoms with Gasteiger partial charge >= 0.3 is 0 Å². The van der Waals surface area contributed by atoms with Crippen LogP contribution in [0.1, 0.15) is 37.4 Å². The van der Waals surface area contributed by atoms with Crippen LogP contribution in [0, 0.1) is 6.92 Å². The first-order chi connectivity index (χ1) is 13.4. The van der Waals surface area contributed by atoms with E-state index in [1.165, 1.54) is 5.56 Å². The van der Waals surface area contributed by atoms with Gasteiger partial charge < -0.3 is 14.6 Å². The molecule has 1 aromatic heterocycles. The lowest BCUT2D eigenvalue weighted by molar-refractivity contribution is -0.108. The number of aliphatic hydroxyl groups is 1. The van der Waals surface area contributed by atoms with Crippen molar-refractivity contribution >= 4 is 6.29 Å². The largest absolute Gasteiger partial charge is 0.497 e. The second kappa shape index (κ2) is 8.40. The number of carbonyl (C=O) groups is 1. The Morgan fingerprint density at radius 1 is 1.14 bits per heavy atom. The fraction of sp³-hybridized carbons (Fsp3) is 0.304. The second-order valence-electron chi connectivity index (χ2n) is 7.22. The molecule has 0 spiro atoms. The lowest BCUT2D eigenvalue weighted by Gasteiger charge is -2.20. The Labute approximate surface area is 165 Å². The van der Waals surface area contributed by atoms with Crippen molar-refractivity contribution in [2.75, 3.05) is 7.11 Å². The monoisotopic (exact) mass is 378 g/mol. The Bertz CT molecular complexity index is 925. The van der Waals surface area contributed by atoms with Crippen LogP contribution in [0.2, 0.25) is 0 Å². The van der Waals surface area contributed by atoms with E-state index in [4.69, 9.17) is 9.84 Å². The van der Waals surface area contributed by atoms with Gasteiger partial charge in [0.2, 0.25) is 0 Å². The molecule has 1 atom stereocenters. The number of unbranched alkanes of at least 4 members (excludes halogenated alkanes) is 1. The summed E-state index contributed by atoms with van der Waals surface area (Å²) >= 11 is 0. The topological polar surface area (TPSA) is 64.3 Å². The van der Waals surface area contributed by atoms with Crippen LogP contribution < -0.4 is 4.74 Å². The summed E-state index contributed by atoms with van der Waals surface area (Å²) in [5, 5.41) is 15.7. The Balaban J connectivity index is 2.06. The summed E-state index contributed by atoms with van der Waals surface area (Å²) in [4.78, 5) is 10.6. The molecule has 0 radical (unpaired) electrons. The second-order valence-corrected chi connectivity index (χ2v) is 7.22. The summed E-state index contributed by atoms with van der Waals surface area (Å²) in [6.45, 7) is 3.80. The smallest absolute Gasteiger partial charge is 0.119 e. The molecule has 3 aromatic rings. The highest BCUT2D eigenvalue weighted by Crippen LogP contribution is 2.32. The summed E-state index contributed by atoms with van der Waals surface area (Å²) < 4.78 is 7.09. The van der Waals surface area contributed by atoms with Crippen LogP contribution in [0.4, 0.5) is 0 Å². The summed E-state index contributed by atoms with van der Waals surface area (Å²) in [7, 11) is 1.63. The van der Waals surface area contributed by atoms with E-state index in [9.17, 15) is 9.90 Å². The molecule has 5 nitrogen and oxygen atoms in total. The average Bonchev–Trinajstić information content (AvgIpc) is 3.15. The van der Waals surface area contributed by atoms with Gasteiger partial charge in [-0.25, -0.2) is 4.68 Å². The fourth-order valence-electron chi connectivity index (χ4n) is 3.15. The van der Waals surface area contributed by atoms with Gasteiger partial charge in [0.25, 0.3) is 0 Å². The Hall–Kier alpha value is -2.92. The molecule has 1 N–H and O–H groups in total. The van der Waals surface area contributed by atoms with Gasteiger partial charge in [-0.05, 0) is 57.0 Å². The van der Waals surface area contributed by atoms with Crippen molar-refractivity contribution in [1.82, 2.24) is 9.78 Å². The number of benzene rings is 2. The van der Waals surface area contributed by atoms with Crippen molar-refractivity contribution < 1.29 is 14.6 Å². The van der Waals surface area contributed by atoms with E-state index in [1.54, 1.807) is 14.0 Å². The van der Waals surface area contributed by atoms with Crippen molar-refractivity contribution in [3.05, 3.63) is 65.9 Å². The molecule has 5 heteroatoms. The number of methoxy groups -OCH3 is 1. The number of aromatic nitrogens is 2.